The number of allylic oxidation sites excluding steroid dienone is 5. The molecule has 0 atom stereocenters. The van der Waals surface area contributed by atoms with Gasteiger partial charge in [-0.2, -0.15) is 0 Å². The molecule has 0 N–H and O–H groups in total. The molecule has 0 amide bonds. The Balaban J connectivity index is 0.000000932. The Morgan fingerprint density at radius 3 is 2.43 bits per heavy atom. The van der Waals surface area contributed by atoms with Gasteiger partial charge in [-0.3, -0.25) is 0 Å². The number of rotatable bonds is 3. The molecule has 0 radical (unpaired) electrons. The fourth-order valence-corrected chi connectivity index (χ4v) is 4.31. The zero-order valence-corrected chi connectivity index (χ0v) is 17.3. The Morgan fingerprint density at radius 2 is 1.71 bits per heavy atom. The summed E-state index contributed by atoms with van der Waals surface area (Å²) < 4.78 is 18.0. The average molecular weight is 399 g/mol. The van der Waals surface area contributed by atoms with Crippen LogP contribution in [0.3, 0.4) is 0 Å². The number of ether oxygens (including phenoxy) is 3. The third-order valence-corrected chi connectivity index (χ3v) is 5.85. The molecule has 4 aliphatic rings. The molecule has 2 aliphatic heterocycles. The Kier molecular flexibility index (Phi) is 5.65. The van der Waals surface area contributed by atoms with Gasteiger partial charge in [0.2, 0.25) is 0 Å². The highest BCUT2D eigenvalue weighted by molar-refractivity contribution is 6.29. The van der Waals surface area contributed by atoms with Crippen LogP contribution in [0.25, 0.3) is 0 Å². The van der Waals surface area contributed by atoms with E-state index in [1.54, 1.807) is 0 Å². The molecule has 1 spiro atoms. The van der Waals surface area contributed by atoms with Crippen molar-refractivity contribution in [2.45, 2.75) is 51.7 Å². The lowest BCUT2D eigenvalue weighted by Gasteiger charge is -2.48. The molecule has 1 saturated heterocycles. The molecular weight excluding hydrogens is 372 g/mol. The quantitative estimate of drug-likeness (QED) is 0.609. The summed E-state index contributed by atoms with van der Waals surface area (Å²) in [5.74, 6) is 1.99. The molecule has 5 rings (SSSR count). The van der Waals surface area contributed by atoms with Crippen LogP contribution in [0, 0.1) is 0 Å². The summed E-state index contributed by atoms with van der Waals surface area (Å²) in [5.41, 5.74) is 4.82. The van der Waals surface area contributed by atoms with Gasteiger partial charge in [0.25, 0.3) is 0 Å². The van der Waals surface area contributed by atoms with Gasteiger partial charge in [-0.1, -0.05) is 55.8 Å². The van der Waals surface area contributed by atoms with E-state index >= 15 is 0 Å². The van der Waals surface area contributed by atoms with Crippen LogP contribution in [0.4, 0.5) is 0 Å². The fourth-order valence-electron chi connectivity index (χ4n) is 4.11. The molecule has 0 unspecified atom stereocenters. The van der Waals surface area contributed by atoms with Gasteiger partial charge in [-0.25, -0.2) is 0 Å². The summed E-state index contributed by atoms with van der Waals surface area (Å²) in [7, 11) is 0. The summed E-state index contributed by atoms with van der Waals surface area (Å²) in [5, 5.41) is 0.876. The number of halogens is 1. The van der Waals surface area contributed by atoms with E-state index in [9.17, 15) is 0 Å². The summed E-state index contributed by atoms with van der Waals surface area (Å²) in [6.07, 6.45) is 7.96. The lowest BCUT2D eigenvalue weighted by Crippen LogP contribution is -2.55. The van der Waals surface area contributed by atoms with Gasteiger partial charge in [0.1, 0.15) is 12.4 Å². The van der Waals surface area contributed by atoms with E-state index in [-0.39, 0.29) is 5.60 Å². The van der Waals surface area contributed by atoms with Crippen molar-refractivity contribution in [1.29, 1.82) is 0 Å². The molecule has 0 saturated carbocycles. The van der Waals surface area contributed by atoms with Crippen LogP contribution < -0.4 is 0 Å². The highest BCUT2D eigenvalue weighted by atomic mass is 35.5. The predicted molar refractivity (Wildman–Crippen MR) is 112 cm³/mol. The molecule has 148 valence electrons. The SMILES string of the molecule is CC.ClC1=CC2=C(CC1)C1=C(C=C(OCc3ccccc3)CC1)C1(COC1)O2. The lowest BCUT2D eigenvalue weighted by molar-refractivity contribution is -0.166. The van der Waals surface area contributed by atoms with Crippen molar-refractivity contribution in [3.05, 3.63) is 81.3 Å². The standard InChI is InChI=1S/C22H21ClO3.C2H6/c23-16-6-8-19-18-9-7-17(25-12-15-4-2-1-3-5-15)11-20(18)22(13-24-14-22)26-21(19)10-16;1-2/h1-5,10-11H,6-9,12-14H2;1-2H3. The second kappa shape index (κ2) is 8.18. The van der Waals surface area contributed by atoms with Crippen molar-refractivity contribution in [2.24, 2.45) is 0 Å². The first-order chi connectivity index (χ1) is 13.7. The van der Waals surface area contributed by atoms with E-state index in [0.717, 1.165) is 42.2 Å². The van der Waals surface area contributed by atoms with E-state index in [2.05, 4.69) is 18.2 Å². The average Bonchev–Trinajstić information content (AvgIpc) is 2.72. The zero-order chi connectivity index (χ0) is 19.6. The van der Waals surface area contributed by atoms with Gasteiger partial charge in [-0.15, -0.1) is 0 Å². The molecule has 1 fully saturated rings. The first-order valence-electron chi connectivity index (χ1n) is 10.2. The highest BCUT2D eigenvalue weighted by Crippen LogP contribution is 2.49. The normalized spacial score (nSPS) is 22.0. The third-order valence-electron chi connectivity index (χ3n) is 5.55. The smallest absolute Gasteiger partial charge is 0.181 e. The van der Waals surface area contributed by atoms with Gasteiger partial charge in [-0.05, 0) is 48.1 Å². The molecular formula is C24H27ClO3. The van der Waals surface area contributed by atoms with Crippen LogP contribution in [0.15, 0.2) is 75.8 Å². The molecule has 2 aliphatic carbocycles. The van der Waals surface area contributed by atoms with Crippen molar-refractivity contribution in [3.63, 3.8) is 0 Å². The van der Waals surface area contributed by atoms with Crippen LogP contribution in [0.1, 0.15) is 45.1 Å². The second-order valence-corrected chi connectivity index (χ2v) is 7.79. The van der Waals surface area contributed by atoms with Crippen LogP contribution >= 0.6 is 11.6 Å². The first kappa shape index (κ1) is 19.4. The van der Waals surface area contributed by atoms with Crippen molar-refractivity contribution < 1.29 is 14.2 Å². The maximum absolute atomic E-state index is 6.40. The van der Waals surface area contributed by atoms with Crippen molar-refractivity contribution >= 4 is 11.6 Å². The van der Waals surface area contributed by atoms with Gasteiger partial charge in [0.05, 0.1) is 19.0 Å². The van der Waals surface area contributed by atoms with Crippen molar-refractivity contribution in [3.8, 4) is 0 Å². The maximum Gasteiger partial charge on any atom is 0.181 e. The number of hydrogen-bond acceptors (Lipinski definition) is 3. The second-order valence-electron chi connectivity index (χ2n) is 7.30. The van der Waals surface area contributed by atoms with Crippen LogP contribution in [0.5, 0.6) is 0 Å². The molecule has 28 heavy (non-hydrogen) atoms. The van der Waals surface area contributed by atoms with Crippen LogP contribution in [-0.4, -0.2) is 18.8 Å². The summed E-state index contributed by atoms with van der Waals surface area (Å²) in [4.78, 5) is 0. The van der Waals surface area contributed by atoms with Gasteiger partial charge >= 0.3 is 0 Å². The first-order valence-corrected chi connectivity index (χ1v) is 10.6. The largest absolute Gasteiger partial charge is 0.493 e. The van der Waals surface area contributed by atoms with Crippen LogP contribution in [0.2, 0.25) is 0 Å². The summed E-state index contributed by atoms with van der Waals surface area (Å²) >= 11 is 6.26. The molecule has 1 aromatic carbocycles. The van der Waals surface area contributed by atoms with Gasteiger partial charge in [0, 0.05) is 17.0 Å². The molecule has 2 heterocycles. The molecule has 0 bridgehead atoms. The minimum atomic E-state index is -0.360. The van der Waals surface area contributed by atoms with E-state index in [4.69, 9.17) is 25.8 Å². The van der Waals surface area contributed by atoms with Crippen molar-refractivity contribution in [2.75, 3.05) is 13.2 Å². The van der Waals surface area contributed by atoms with Crippen LogP contribution in [-0.2, 0) is 20.8 Å². The third kappa shape index (κ3) is 3.54. The van der Waals surface area contributed by atoms with E-state index in [1.165, 1.54) is 22.3 Å². The van der Waals surface area contributed by atoms with E-state index in [0.29, 0.717) is 19.8 Å². The van der Waals surface area contributed by atoms with Gasteiger partial charge < -0.3 is 14.2 Å². The topological polar surface area (TPSA) is 27.7 Å². The molecule has 4 heteroatoms. The molecule has 0 aromatic heterocycles. The summed E-state index contributed by atoms with van der Waals surface area (Å²) in [6.45, 7) is 5.79. The number of benzene rings is 1. The van der Waals surface area contributed by atoms with Crippen molar-refractivity contribution in [1.82, 2.24) is 0 Å². The zero-order valence-electron chi connectivity index (χ0n) is 16.6. The van der Waals surface area contributed by atoms with Gasteiger partial charge in [0.15, 0.2) is 5.60 Å². The fraction of sp³-hybridized carbons (Fsp3) is 0.417. The van der Waals surface area contributed by atoms with E-state index in [1.807, 2.05) is 38.1 Å². The number of fused-ring (bicyclic) bond motifs is 2. The lowest BCUT2D eigenvalue weighted by atomic mass is 9.76. The Bertz CT molecular complexity index is 857. The predicted octanol–water partition coefficient (Wildman–Crippen LogP) is 6.17. The maximum atomic E-state index is 6.40. The minimum absolute atomic E-state index is 0.360. The van der Waals surface area contributed by atoms with E-state index < -0.39 is 0 Å². The highest BCUT2D eigenvalue weighted by Gasteiger charge is 2.49. The molecule has 1 aromatic rings. The summed E-state index contributed by atoms with van der Waals surface area (Å²) in [6, 6.07) is 10.3. The Morgan fingerprint density at radius 1 is 0.964 bits per heavy atom. The molecule has 3 nitrogen and oxygen atoms in total. The minimum Gasteiger partial charge on any atom is -0.493 e. The number of hydrogen-bond donors (Lipinski definition) is 0. The Labute approximate surface area is 172 Å². The Hall–Kier alpha value is -1.97. The monoisotopic (exact) mass is 398 g/mol.